The predicted molar refractivity (Wildman–Crippen MR) is 91.7 cm³/mol. The zero-order valence-electron chi connectivity index (χ0n) is 14.7. The van der Waals surface area contributed by atoms with Gasteiger partial charge in [0.25, 0.3) is 5.56 Å². The van der Waals surface area contributed by atoms with Gasteiger partial charge >= 0.3 is 0 Å². The summed E-state index contributed by atoms with van der Waals surface area (Å²) in [5, 5.41) is 15.2. The summed E-state index contributed by atoms with van der Waals surface area (Å²) in [5.74, 6) is 0.406. The summed E-state index contributed by atoms with van der Waals surface area (Å²) in [5.41, 5.74) is 1.33. The smallest absolute Gasteiger partial charge is 0.267 e. The molecule has 7 nitrogen and oxygen atoms in total. The number of aryl methyl sites for hydroxylation is 2. The van der Waals surface area contributed by atoms with Crippen molar-refractivity contribution in [1.82, 2.24) is 14.7 Å². The number of fused-ring (bicyclic) bond motifs is 1. The number of β-amino-alcohol motifs (C(OH)–C–C–N with tert-alkyl or cyclic N) is 1. The second kappa shape index (κ2) is 7.15. The Kier molecular flexibility index (Phi) is 4.90. The molecule has 1 aromatic rings. The molecular formula is C18H27N3O4. The van der Waals surface area contributed by atoms with E-state index in [0.717, 1.165) is 50.0 Å². The van der Waals surface area contributed by atoms with Gasteiger partial charge in [-0.25, -0.2) is 4.68 Å². The molecule has 4 rings (SSSR count). The first-order chi connectivity index (χ1) is 12.1. The molecule has 0 saturated carbocycles. The fourth-order valence-electron chi connectivity index (χ4n) is 4.09. The fourth-order valence-corrected chi connectivity index (χ4v) is 4.09. The number of ether oxygens (including phenoxy) is 2. The number of nitrogens with zero attached hydrogens (tertiary/aromatic N) is 3. The molecule has 0 aromatic carbocycles. The van der Waals surface area contributed by atoms with Crippen LogP contribution in [0.3, 0.4) is 0 Å². The van der Waals surface area contributed by atoms with Crippen LogP contribution in [-0.4, -0.2) is 71.4 Å². The van der Waals surface area contributed by atoms with E-state index in [1.807, 2.05) is 0 Å². The maximum atomic E-state index is 12.3. The van der Waals surface area contributed by atoms with E-state index in [4.69, 9.17) is 9.47 Å². The summed E-state index contributed by atoms with van der Waals surface area (Å²) in [6.07, 6.45) is 4.29. The monoisotopic (exact) mass is 349 g/mol. The fraction of sp³-hybridized carbons (Fsp3) is 0.778. The molecule has 7 heteroatoms. The third-order valence-electron chi connectivity index (χ3n) is 5.37. The second-order valence-electron chi connectivity index (χ2n) is 7.73. The van der Waals surface area contributed by atoms with Crippen molar-refractivity contribution in [3.63, 3.8) is 0 Å². The van der Waals surface area contributed by atoms with Gasteiger partial charge in [-0.2, -0.15) is 5.10 Å². The lowest BCUT2D eigenvalue weighted by molar-refractivity contribution is -0.0921. The highest BCUT2D eigenvalue weighted by molar-refractivity contribution is 5.20. The van der Waals surface area contributed by atoms with Gasteiger partial charge in [-0.05, 0) is 31.2 Å². The number of aliphatic hydroxyl groups is 1. The van der Waals surface area contributed by atoms with Gasteiger partial charge in [-0.15, -0.1) is 0 Å². The summed E-state index contributed by atoms with van der Waals surface area (Å²) >= 11 is 0. The summed E-state index contributed by atoms with van der Waals surface area (Å²) in [6, 6.07) is 1.78. The molecule has 138 valence electrons. The van der Waals surface area contributed by atoms with Gasteiger partial charge < -0.3 is 14.6 Å². The van der Waals surface area contributed by atoms with Crippen LogP contribution in [-0.2, 0) is 28.9 Å². The van der Waals surface area contributed by atoms with Gasteiger partial charge in [-0.3, -0.25) is 9.69 Å². The molecule has 2 saturated heterocycles. The standard InChI is InChI=1S/C18H27N3O4/c22-17-7-15-3-1-2-4-16(15)19-21(17)10-14-8-20(9-14)11-18(23)12-24-5-6-25-13-18/h7,14,23H,1-6,8-13H2. The van der Waals surface area contributed by atoms with Gasteiger partial charge in [0.1, 0.15) is 5.60 Å². The van der Waals surface area contributed by atoms with Gasteiger partial charge in [0, 0.05) is 31.6 Å². The third kappa shape index (κ3) is 3.95. The summed E-state index contributed by atoms with van der Waals surface area (Å²) < 4.78 is 12.5. The zero-order valence-corrected chi connectivity index (χ0v) is 14.7. The molecule has 1 aliphatic carbocycles. The molecule has 25 heavy (non-hydrogen) atoms. The third-order valence-corrected chi connectivity index (χ3v) is 5.37. The van der Waals surface area contributed by atoms with Crippen LogP contribution in [0.15, 0.2) is 10.9 Å². The van der Waals surface area contributed by atoms with Crippen molar-refractivity contribution in [3.8, 4) is 0 Å². The van der Waals surface area contributed by atoms with Gasteiger partial charge in [0.15, 0.2) is 0 Å². The van der Waals surface area contributed by atoms with Crippen molar-refractivity contribution in [2.75, 3.05) is 46.1 Å². The van der Waals surface area contributed by atoms with E-state index in [2.05, 4.69) is 10.00 Å². The Morgan fingerprint density at radius 2 is 1.92 bits per heavy atom. The Labute approximate surface area is 147 Å². The molecule has 0 bridgehead atoms. The molecular weight excluding hydrogens is 322 g/mol. The van der Waals surface area contributed by atoms with Crippen LogP contribution in [0.25, 0.3) is 0 Å². The number of rotatable bonds is 4. The Morgan fingerprint density at radius 1 is 1.20 bits per heavy atom. The number of likely N-dealkylation sites (tertiary alicyclic amines) is 1. The Morgan fingerprint density at radius 3 is 2.68 bits per heavy atom. The average Bonchev–Trinajstić information content (AvgIpc) is 2.78. The lowest BCUT2D eigenvalue weighted by atomic mass is 9.95. The minimum atomic E-state index is -0.928. The Hall–Kier alpha value is -1.28. The summed E-state index contributed by atoms with van der Waals surface area (Å²) in [6.45, 7) is 4.67. The highest BCUT2D eigenvalue weighted by atomic mass is 16.6. The van der Waals surface area contributed by atoms with Crippen LogP contribution in [0.2, 0.25) is 0 Å². The molecule has 1 N–H and O–H groups in total. The lowest BCUT2D eigenvalue weighted by Gasteiger charge is -2.43. The molecule has 0 unspecified atom stereocenters. The van der Waals surface area contributed by atoms with Crippen LogP contribution in [0, 0.1) is 5.92 Å². The van der Waals surface area contributed by atoms with Crippen molar-refractivity contribution >= 4 is 0 Å². The first kappa shape index (κ1) is 17.1. The maximum Gasteiger partial charge on any atom is 0.267 e. The number of hydrogen-bond acceptors (Lipinski definition) is 6. The molecule has 0 atom stereocenters. The highest BCUT2D eigenvalue weighted by Gasteiger charge is 2.37. The lowest BCUT2D eigenvalue weighted by Crippen LogP contribution is -2.57. The summed E-state index contributed by atoms with van der Waals surface area (Å²) in [4.78, 5) is 14.5. The predicted octanol–water partition coefficient (Wildman–Crippen LogP) is -0.168. The molecule has 3 heterocycles. The average molecular weight is 349 g/mol. The minimum absolute atomic E-state index is 0.0169. The largest absolute Gasteiger partial charge is 0.384 e. The molecule has 2 aliphatic heterocycles. The molecule has 3 aliphatic rings. The molecule has 2 fully saturated rings. The Balaban J connectivity index is 1.32. The normalized spacial score (nSPS) is 24.4. The minimum Gasteiger partial charge on any atom is -0.384 e. The van der Waals surface area contributed by atoms with E-state index in [9.17, 15) is 9.90 Å². The van der Waals surface area contributed by atoms with E-state index < -0.39 is 5.60 Å². The van der Waals surface area contributed by atoms with Crippen molar-refractivity contribution in [2.45, 2.75) is 37.8 Å². The Bertz CT molecular complexity index is 661. The first-order valence-electron chi connectivity index (χ1n) is 9.31. The van der Waals surface area contributed by atoms with E-state index in [-0.39, 0.29) is 5.56 Å². The van der Waals surface area contributed by atoms with Gasteiger partial charge in [0.2, 0.25) is 0 Å². The zero-order chi connectivity index (χ0) is 17.3. The van der Waals surface area contributed by atoms with Crippen LogP contribution in [0.5, 0.6) is 0 Å². The van der Waals surface area contributed by atoms with E-state index in [1.54, 1.807) is 10.7 Å². The van der Waals surface area contributed by atoms with Crippen LogP contribution in [0.1, 0.15) is 24.1 Å². The number of hydrogen-bond donors (Lipinski definition) is 1. The van der Waals surface area contributed by atoms with Crippen molar-refractivity contribution in [1.29, 1.82) is 0 Å². The van der Waals surface area contributed by atoms with Gasteiger partial charge in [0.05, 0.1) is 38.7 Å². The van der Waals surface area contributed by atoms with Crippen LogP contribution >= 0.6 is 0 Å². The van der Waals surface area contributed by atoms with Crippen molar-refractivity contribution in [3.05, 3.63) is 27.7 Å². The topological polar surface area (TPSA) is 76.8 Å². The van der Waals surface area contributed by atoms with Crippen molar-refractivity contribution < 1.29 is 14.6 Å². The van der Waals surface area contributed by atoms with E-state index in [1.165, 1.54) is 0 Å². The first-order valence-corrected chi connectivity index (χ1v) is 9.31. The summed E-state index contributed by atoms with van der Waals surface area (Å²) in [7, 11) is 0. The van der Waals surface area contributed by atoms with Crippen LogP contribution in [0.4, 0.5) is 0 Å². The van der Waals surface area contributed by atoms with E-state index in [0.29, 0.717) is 45.4 Å². The molecule has 0 radical (unpaired) electrons. The van der Waals surface area contributed by atoms with Crippen LogP contribution < -0.4 is 5.56 Å². The number of aromatic nitrogens is 2. The maximum absolute atomic E-state index is 12.3. The van der Waals surface area contributed by atoms with Crippen molar-refractivity contribution in [2.24, 2.45) is 5.92 Å². The quantitative estimate of drug-likeness (QED) is 0.813. The molecule has 0 spiro atoms. The van der Waals surface area contributed by atoms with Gasteiger partial charge in [-0.1, -0.05) is 0 Å². The molecule has 1 aromatic heterocycles. The molecule has 0 amide bonds. The second-order valence-corrected chi connectivity index (χ2v) is 7.73. The highest BCUT2D eigenvalue weighted by Crippen LogP contribution is 2.22. The SMILES string of the molecule is O=c1cc2c(nn1CC1CN(CC3(O)COCCOC3)C1)CCCC2. The van der Waals surface area contributed by atoms with E-state index >= 15 is 0 Å².